The molecule has 4 heteroatoms. The lowest BCUT2D eigenvalue weighted by Gasteiger charge is -2.25. The summed E-state index contributed by atoms with van der Waals surface area (Å²) in [6.45, 7) is 1.39. The molecule has 1 unspecified atom stereocenters. The van der Waals surface area contributed by atoms with Crippen molar-refractivity contribution >= 4 is 5.91 Å². The molecule has 1 heterocycles. The van der Waals surface area contributed by atoms with Crippen molar-refractivity contribution in [3.8, 4) is 5.75 Å². The van der Waals surface area contributed by atoms with E-state index in [0.29, 0.717) is 12.6 Å². The Morgan fingerprint density at radius 2 is 2.05 bits per heavy atom. The lowest BCUT2D eigenvalue weighted by Crippen LogP contribution is -2.39. The Morgan fingerprint density at radius 3 is 2.60 bits per heavy atom. The molecule has 1 aliphatic carbocycles. The van der Waals surface area contributed by atoms with E-state index in [1.807, 2.05) is 29.2 Å². The molecule has 108 valence electrons. The molecule has 2 aliphatic rings. The molecule has 1 amide bonds. The van der Waals surface area contributed by atoms with Crippen LogP contribution in [0.1, 0.15) is 31.2 Å². The number of carbonyl (C=O) groups excluding carboxylic acids is 1. The highest BCUT2D eigenvalue weighted by Crippen LogP contribution is 2.30. The van der Waals surface area contributed by atoms with Gasteiger partial charge in [0.05, 0.1) is 7.11 Å². The van der Waals surface area contributed by atoms with E-state index in [4.69, 9.17) is 9.47 Å². The van der Waals surface area contributed by atoms with Crippen molar-refractivity contribution in [2.24, 2.45) is 0 Å². The molecular weight excluding hydrogens is 254 g/mol. The largest absolute Gasteiger partial charge is 0.497 e. The molecular formula is C16H21NO3. The number of benzene rings is 1. The van der Waals surface area contributed by atoms with Gasteiger partial charge in [-0.2, -0.15) is 0 Å². The number of ether oxygens (including phenoxy) is 2. The fraction of sp³-hybridized carbons (Fsp3) is 0.562. The smallest absolute Gasteiger partial charge is 0.252 e. The fourth-order valence-corrected chi connectivity index (χ4v) is 2.66. The van der Waals surface area contributed by atoms with Gasteiger partial charge in [0.2, 0.25) is 0 Å². The summed E-state index contributed by atoms with van der Waals surface area (Å²) in [6, 6.07) is 8.34. The van der Waals surface area contributed by atoms with E-state index in [2.05, 4.69) is 0 Å². The van der Waals surface area contributed by atoms with Crippen molar-refractivity contribution in [2.45, 2.75) is 44.4 Å². The minimum absolute atomic E-state index is 0.167. The molecule has 0 N–H and O–H groups in total. The van der Waals surface area contributed by atoms with Gasteiger partial charge in [-0.05, 0) is 43.4 Å². The van der Waals surface area contributed by atoms with E-state index in [-0.39, 0.29) is 12.0 Å². The SMILES string of the molecule is COc1ccc(CN(C(=O)C2CCCO2)C2CC2)cc1. The van der Waals surface area contributed by atoms with E-state index >= 15 is 0 Å². The van der Waals surface area contributed by atoms with Crippen LogP contribution in [0.2, 0.25) is 0 Å². The van der Waals surface area contributed by atoms with Crippen molar-refractivity contribution in [3.63, 3.8) is 0 Å². The summed E-state index contributed by atoms with van der Waals surface area (Å²) in [6.07, 6.45) is 3.89. The Balaban J connectivity index is 1.68. The fourth-order valence-electron chi connectivity index (χ4n) is 2.66. The standard InChI is InChI=1S/C16H21NO3/c1-19-14-8-4-12(5-9-14)11-17(13-6-7-13)16(18)15-3-2-10-20-15/h4-5,8-9,13,15H,2-3,6-7,10-11H2,1H3. The zero-order valence-electron chi connectivity index (χ0n) is 11.9. The molecule has 0 aromatic heterocycles. The van der Waals surface area contributed by atoms with Crippen LogP contribution in [0, 0.1) is 0 Å². The third-order valence-corrected chi connectivity index (χ3v) is 3.99. The first-order chi connectivity index (χ1) is 9.78. The number of methoxy groups -OCH3 is 1. The molecule has 1 saturated heterocycles. The van der Waals surface area contributed by atoms with Crippen LogP contribution in [0.5, 0.6) is 5.75 Å². The molecule has 0 bridgehead atoms. The van der Waals surface area contributed by atoms with E-state index in [1.165, 1.54) is 0 Å². The molecule has 4 nitrogen and oxygen atoms in total. The van der Waals surface area contributed by atoms with Gasteiger partial charge in [0.25, 0.3) is 5.91 Å². The molecule has 0 spiro atoms. The van der Waals surface area contributed by atoms with E-state index in [0.717, 1.165) is 43.6 Å². The Morgan fingerprint density at radius 1 is 1.30 bits per heavy atom. The Labute approximate surface area is 119 Å². The van der Waals surface area contributed by atoms with Gasteiger partial charge in [0.1, 0.15) is 11.9 Å². The van der Waals surface area contributed by atoms with Crippen molar-refractivity contribution in [1.82, 2.24) is 4.90 Å². The molecule has 3 rings (SSSR count). The van der Waals surface area contributed by atoms with Crippen molar-refractivity contribution < 1.29 is 14.3 Å². The summed E-state index contributed by atoms with van der Waals surface area (Å²) in [4.78, 5) is 14.5. The second kappa shape index (κ2) is 5.83. The highest BCUT2D eigenvalue weighted by atomic mass is 16.5. The van der Waals surface area contributed by atoms with Gasteiger partial charge < -0.3 is 14.4 Å². The van der Waals surface area contributed by atoms with Crippen LogP contribution < -0.4 is 4.74 Å². The van der Waals surface area contributed by atoms with Crippen LogP contribution in [0.25, 0.3) is 0 Å². The van der Waals surface area contributed by atoms with Crippen molar-refractivity contribution in [3.05, 3.63) is 29.8 Å². The maximum atomic E-state index is 12.5. The predicted octanol–water partition coefficient (Wildman–Crippen LogP) is 2.37. The number of hydrogen-bond donors (Lipinski definition) is 0. The molecule has 20 heavy (non-hydrogen) atoms. The zero-order chi connectivity index (χ0) is 13.9. The topological polar surface area (TPSA) is 38.8 Å². The Hall–Kier alpha value is -1.55. The summed E-state index contributed by atoms with van der Waals surface area (Å²) in [5, 5.41) is 0. The van der Waals surface area contributed by atoms with Crippen LogP contribution in [0.4, 0.5) is 0 Å². The molecule has 1 aliphatic heterocycles. The quantitative estimate of drug-likeness (QED) is 0.828. The first kappa shape index (κ1) is 13.4. The molecule has 1 atom stereocenters. The molecule has 1 aromatic carbocycles. The van der Waals surface area contributed by atoms with Gasteiger partial charge in [0.15, 0.2) is 0 Å². The third-order valence-electron chi connectivity index (χ3n) is 3.99. The van der Waals surface area contributed by atoms with Crippen LogP contribution in [-0.4, -0.2) is 36.7 Å². The van der Waals surface area contributed by atoms with Crippen LogP contribution in [-0.2, 0) is 16.1 Å². The number of hydrogen-bond acceptors (Lipinski definition) is 3. The van der Waals surface area contributed by atoms with Crippen LogP contribution >= 0.6 is 0 Å². The second-order valence-corrected chi connectivity index (χ2v) is 5.55. The average molecular weight is 275 g/mol. The summed E-state index contributed by atoms with van der Waals surface area (Å²) in [5.41, 5.74) is 1.14. The van der Waals surface area contributed by atoms with E-state index in [1.54, 1.807) is 7.11 Å². The van der Waals surface area contributed by atoms with E-state index < -0.39 is 0 Å². The normalized spacial score (nSPS) is 21.8. The summed E-state index contributed by atoms with van der Waals surface area (Å²) >= 11 is 0. The van der Waals surface area contributed by atoms with Crippen molar-refractivity contribution in [2.75, 3.05) is 13.7 Å². The van der Waals surface area contributed by atoms with Gasteiger partial charge in [-0.25, -0.2) is 0 Å². The van der Waals surface area contributed by atoms with Gasteiger partial charge in [-0.1, -0.05) is 12.1 Å². The molecule has 0 radical (unpaired) electrons. The lowest BCUT2D eigenvalue weighted by atomic mass is 10.1. The first-order valence-electron chi connectivity index (χ1n) is 7.33. The predicted molar refractivity (Wildman–Crippen MR) is 75.5 cm³/mol. The lowest BCUT2D eigenvalue weighted by molar-refractivity contribution is -0.142. The third kappa shape index (κ3) is 2.96. The minimum atomic E-state index is -0.214. The molecule has 1 saturated carbocycles. The van der Waals surface area contributed by atoms with Crippen LogP contribution in [0.15, 0.2) is 24.3 Å². The number of rotatable bonds is 5. The van der Waals surface area contributed by atoms with Crippen LogP contribution in [0.3, 0.4) is 0 Å². The highest BCUT2D eigenvalue weighted by Gasteiger charge is 2.37. The second-order valence-electron chi connectivity index (χ2n) is 5.55. The van der Waals surface area contributed by atoms with Gasteiger partial charge >= 0.3 is 0 Å². The monoisotopic (exact) mass is 275 g/mol. The maximum absolute atomic E-state index is 12.5. The maximum Gasteiger partial charge on any atom is 0.252 e. The van der Waals surface area contributed by atoms with E-state index in [9.17, 15) is 4.79 Å². The molecule has 1 aromatic rings. The average Bonchev–Trinajstić information content (AvgIpc) is 3.18. The minimum Gasteiger partial charge on any atom is -0.497 e. The first-order valence-corrected chi connectivity index (χ1v) is 7.33. The summed E-state index contributed by atoms with van der Waals surface area (Å²) < 4.78 is 10.7. The number of nitrogens with zero attached hydrogens (tertiary/aromatic N) is 1. The number of carbonyl (C=O) groups is 1. The number of amides is 1. The Kier molecular flexibility index (Phi) is 3.92. The van der Waals surface area contributed by atoms with Gasteiger partial charge in [-0.3, -0.25) is 4.79 Å². The molecule has 2 fully saturated rings. The summed E-state index contributed by atoms with van der Waals surface area (Å²) in [5.74, 6) is 1.01. The summed E-state index contributed by atoms with van der Waals surface area (Å²) in [7, 11) is 1.66. The zero-order valence-corrected chi connectivity index (χ0v) is 11.9. The van der Waals surface area contributed by atoms with Gasteiger partial charge in [0, 0.05) is 19.2 Å². The van der Waals surface area contributed by atoms with Gasteiger partial charge in [-0.15, -0.1) is 0 Å². The highest BCUT2D eigenvalue weighted by molar-refractivity contribution is 5.81. The Bertz CT molecular complexity index is 461. The van der Waals surface area contributed by atoms with Crippen molar-refractivity contribution in [1.29, 1.82) is 0 Å².